The maximum atomic E-state index is 5.96. The van der Waals surface area contributed by atoms with Crippen LogP contribution in [0.15, 0.2) is 42.9 Å². The van der Waals surface area contributed by atoms with Gasteiger partial charge in [-0.05, 0) is 30.7 Å². The lowest BCUT2D eigenvalue weighted by Crippen LogP contribution is -2.24. The predicted molar refractivity (Wildman–Crippen MR) is 73.0 cm³/mol. The van der Waals surface area contributed by atoms with Gasteiger partial charge in [0.25, 0.3) is 0 Å². The minimum Gasteiger partial charge on any atom is -0.383 e. The van der Waals surface area contributed by atoms with Gasteiger partial charge >= 0.3 is 0 Å². The van der Waals surface area contributed by atoms with Crippen LogP contribution in [0.2, 0.25) is 0 Å². The van der Waals surface area contributed by atoms with Crippen LogP contribution in [0.1, 0.15) is 30.5 Å². The number of nitrogens with one attached hydrogen (secondary N) is 1. The van der Waals surface area contributed by atoms with Crippen molar-refractivity contribution in [3.05, 3.63) is 54.0 Å². The van der Waals surface area contributed by atoms with Crippen LogP contribution in [0.3, 0.4) is 0 Å². The first kappa shape index (κ1) is 12.5. The third-order valence-corrected chi connectivity index (χ3v) is 2.80. The second kappa shape index (κ2) is 6.12. The quantitative estimate of drug-likeness (QED) is 0.843. The van der Waals surface area contributed by atoms with E-state index in [0.29, 0.717) is 5.82 Å². The first-order valence-corrected chi connectivity index (χ1v) is 6.16. The molecule has 4 heteroatoms. The smallest absolute Gasteiger partial charge is 0.128 e. The van der Waals surface area contributed by atoms with E-state index in [9.17, 15) is 0 Å². The molecule has 0 fully saturated rings. The van der Waals surface area contributed by atoms with Crippen LogP contribution in [-0.4, -0.2) is 16.5 Å². The summed E-state index contributed by atoms with van der Waals surface area (Å²) in [7, 11) is 0. The van der Waals surface area contributed by atoms with E-state index in [-0.39, 0.29) is 6.04 Å². The summed E-state index contributed by atoms with van der Waals surface area (Å²) in [5.41, 5.74) is 8.06. The second-order valence-electron chi connectivity index (χ2n) is 4.15. The Morgan fingerprint density at radius 2 is 2.11 bits per heavy atom. The van der Waals surface area contributed by atoms with E-state index in [2.05, 4.69) is 22.2 Å². The molecule has 0 aliphatic heterocycles. The highest BCUT2D eigenvalue weighted by Crippen LogP contribution is 2.24. The highest BCUT2D eigenvalue weighted by Gasteiger charge is 2.16. The summed E-state index contributed by atoms with van der Waals surface area (Å²) in [6.45, 7) is 3.06. The Hall–Kier alpha value is -1.94. The normalized spacial score (nSPS) is 12.3. The van der Waals surface area contributed by atoms with Gasteiger partial charge < -0.3 is 11.1 Å². The summed E-state index contributed by atoms with van der Waals surface area (Å²) in [6, 6.07) is 7.94. The minimum absolute atomic E-state index is 0.0485. The Morgan fingerprint density at radius 3 is 2.78 bits per heavy atom. The molecule has 0 saturated heterocycles. The van der Waals surface area contributed by atoms with Gasteiger partial charge in [-0.2, -0.15) is 0 Å². The summed E-state index contributed by atoms with van der Waals surface area (Å²) in [4.78, 5) is 8.32. The van der Waals surface area contributed by atoms with Crippen LogP contribution < -0.4 is 11.1 Å². The molecule has 1 unspecified atom stereocenters. The van der Waals surface area contributed by atoms with Crippen molar-refractivity contribution < 1.29 is 0 Å². The Kier molecular flexibility index (Phi) is 4.25. The Bertz CT molecular complexity index is 484. The molecule has 94 valence electrons. The lowest BCUT2D eigenvalue weighted by Gasteiger charge is -2.20. The van der Waals surface area contributed by atoms with Gasteiger partial charge in [0.15, 0.2) is 0 Å². The molecule has 18 heavy (non-hydrogen) atoms. The maximum Gasteiger partial charge on any atom is 0.128 e. The molecule has 0 aliphatic carbocycles. The van der Waals surface area contributed by atoms with Gasteiger partial charge in [0, 0.05) is 24.2 Å². The van der Waals surface area contributed by atoms with Crippen molar-refractivity contribution in [3.8, 4) is 0 Å². The van der Waals surface area contributed by atoms with Crippen molar-refractivity contribution in [2.75, 3.05) is 12.3 Å². The molecule has 0 radical (unpaired) electrons. The van der Waals surface area contributed by atoms with Crippen LogP contribution in [0, 0.1) is 0 Å². The molecule has 0 amide bonds. The van der Waals surface area contributed by atoms with Gasteiger partial charge in [-0.3, -0.25) is 4.98 Å². The van der Waals surface area contributed by atoms with E-state index in [1.54, 1.807) is 12.4 Å². The molecule has 2 aromatic rings. The van der Waals surface area contributed by atoms with E-state index < -0.39 is 0 Å². The largest absolute Gasteiger partial charge is 0.383 e. The third-order valence-electron chi connectivity index (χ3n) is 2.80. The Morgan fingerprint density at radius 1 is 1.28 bits per heavy atom. The fraction of sp³-hybridized carbons (Fsp3) is 0.286. The molecule has 0 aromatic carbocycles. The number of anilines is 1. The van der Waals surface area contributed by atoms with Crippen LogP contribution >= 0.6 is 0 Å². The fourth-order valence-corrected chi connectivity index (χ4v) is 1.92. The summed E-state index contributed by atoms with van der Waals surface area (Å²) < 4.78 is 0. The number of nitrogen functional groups attached to an aromatic ring is 1. The molecule has 0 bridgehead atoms. The third kappa shape index (κ3) is 2.84. The van der Waals surface area contributed by atoms with Crippen LogP contribution in [0.25, 0.3) is 0 Å². The lowest BCUT2D eigenvalue weighted by molar-refractivity contribution is 0.597. The standard InChI is InChI=1S/C14H18N4/c1-2-7-17-13(11-5-3-8-16-10-11)12-6-4-9-18-14(12)15/h3-6,8-10,13,17H,2,7H2,1H3,(H2,15,18). The minimum atomic E-state index is 0.0485. The maximum absolute atomic E-state index is 5.96. The van der Waals surface area contributed by atoms with Crippen molar-refractivity contribution in [1.82, 2.24) is 15.3 Å². The van der Waals surface area contributed by atoms with E-state index in [4.69, 9.17) is 5.73 Å². The molecule has 0 spiro atoms. The van der Waals surface area contributed by atoms with Crippen LogP contribution in [-0.2, 0) is 0 Å². The van der Waals surface area contributed by atoms with E-state index in [1.807, 2.05) is 30.5 Å². The van der Waals surface area contributed by atoms with Crippen molar-refractivity contribution in [2.45, 2.75) is 19.4 Å². The first-order chi connectivity index (χ1) is 8.83. The van der Waals surface area contributed by atoms with Crippen LogP contribution in [0.4, 0.5) is 5.82 Å². The van der Waals surface area contributed by atoms with Crippen molar-refractivity contribution in [3.63, 3.8) is 0 Å². The molecule has 2 rings (SSSR count). The number of hydrogen-bond donors (Lipinski definition) is 2. The number of aromatic nitrogens is 2. The second-order valence-corrected chi connectivity index (χ2v) is 4.15. The number of rotatable bonds is 5. The van der Waals surface area contributed by atoms with Gasteiger partial charge in [0.05, 0.1) is 6.04 Å². The average molecular weight is 242 g/mol. The zero-order valence-corrected chi connectivity index (χ0v) is 10.5. The molecule has 4 nitrogen and oxygen atoms in total. The van der Waals surface area contributed by atoms with Gasteiger partial charge in [-0.1, -0.05) is 19.1 Å². The molecular weight excluding hydrogens is 224 g/mol. The summed E-state index contributed by atoms with van der Waals surface area (Å²) in [5, 5.41) is 3.48. The predicted octanol–water partition coefficient (Wildman–Crippen LogP) is 2.15. The highest BCUT2D eigenvalue weighted by molar-refractivity contribution is 5.45. The monoisotopic (exact) mass is 242 g/mol. The van der Waals surface area contributed by atoms with Crippen LogP contribution in [0.5, 0.6) is 0 Å². The number of pyridine rings is 2. The SMILES string of the molecule is CCCNC(c1cccnc1)c1cccnc1N. The highest BCUT2D eigenvalue weighted by atomic mass is 14.9. The van der Waals surface area contributed by atoms with Gasteiger partial charge in [-0.25, -0.2) is 4.98 Å². The fourth-order valence-electron chi connectivity index (χ4n) is 1.92. The molecule has 2 heterocycles. The number of nitrogens with zero attached hydrogens (tertiary/aromatic N) is 2. The Balaban J connectivity index is 2.34. The van der Waals surface area contributed by atoms with Gasteiger partial charge in [0.2, 0.25) is 0 Å². The molecule has 0 saturated carbocycles. The van der Waals surface area contributed by atoms with Gasteiger partial charge in [-0.15, -0.1) is 0 Å². The van der Waals surface area contributed by atoms with Crippen molar-refractivity contribution in [1.29, 1.82) is 0 Å². The summed E-state index contributed by atoms with van der Waals surface area (Å²) in [5.74, 6) is 0.565. The molecule has 3 N–H and O–H groups in total. The number of nitrogens with two attached hydrogens (primary N) is 1. The van der Waals surface area contributed by atoms with E-state index >= 15 is 0 Å². The van der Waals surface area contributed by atoms with E-state index in [1.165, 1.54) is 0 Å². The Labute approximate surface area is 107 Å². The summed E-state index contributed by atoms with van der Waals surface area (Å²) >= 11 is 0. The van der Waals surface area contributed by atoms with Gasteiger partial charge in [0.1, 0.15) is 5.82 Å². The zero-order valence-electron chi connectivity index (χ0n) is 10.5. The first-order valence-electron chi connectivity index (χ1n) is 6.16. The van der Waals surface area contributed by atoms with E-state index in [0.717, 1.165) is 24.1 Å². The van der Waals surface area contributed by atoms with Crippen molar-refractivity contribution in [2.24, 2.45) is 0 Å². The topological polar surface area (TPSA) is 63.8 Å². The molecule has 0 aliphatic rings. The molecule has 2 aromatic heterocycles. The molecule has 1 atom stereocenters. The van der Waals surface area contributed by atoms with Crippen molar-refractivity contribution >= 4 is 5.82 Å². The summed E-state index contributed by atoms with van der Waals surface area (Å²) in [6.07, 6.45) is 6.41. The average Bonchev–Trinajstić information content (AvgIpc) is 2.42. The zero-order chi connectivity index (χ0) is 12.8. The lowest BCUT2D eigenvalue weighted by atomic mass is 10.0. The number of hydrogen-bond acceptors (Lipinski definition) is 4. The molecular formula is C14H18N4.